The average molecular weight is 1030 g/mol. The molecule has 0 unspecified atom stereocenters. The van der Waals surface area contributed by atoms with Gasteiger partial charge in [-0.3, -0.25) is 0 Å². The van der Waals surface area contributed by atoms with Crippen LogP contribution in [0.25, 0.3) is 66.9 Å². The Morgan fingerprint density at radius 3 is 2.03 bits per heavy atom. The number of benzene rings is 8. The maximum absolute atomic E-state index is 6.75. The van der Waals surface area contributed by atoms with Crippen LogP contribution >= 0.6 is 0 Å². The van der Waals surface area contributed by atoms with E-state index in [0.29, 0.717) is 11.6 Å². The molecule has 0 radical (unpaired) electrons. The molecule has 3 aliphatic rings. The van der Waals surface area contributed by atoms with Crippen LogP contribution in [0.4, 0.5) is 22.9 Å². The fraction of sp³-hybridized carbons (Fsp3) is 0.0690. The molecule has 318 valence electrons. The average Bonchev–Trinajstić information content (AvgIpc) is 3.86. The Labute approximate surface area is 395 Å². The van der Waals surface area contributed by atoms with E-state index in [4.69, 9.17) is 9.72 Å². The van der Waals surface area contributed by atoms with Gasteiger partial charge < -0.3 is 0 Å². The summed E-state index contributed by atoms with van der Waals surface area (Å²) < 4.78 is 12.4. The maximum atomic E-state index is 6.75. The molecular formula is C58H40BN5OPt-2. The van der Waals surface area contributed by atoms with Gasteiger partial charge in [0.1, 0.15) is 0 Å². The van der Waals surface area contributed by atoms with Crippen LogP contribution in [0, 0.1) is 15.9 Å². The second-order valence-electron chi connectivity index (χ2n) is 18.1. The standard InChI is InChI=1S/C58H40BN5O.Pt/c1-58(2,3)40-20-13-19-39(35-40)44-25-15-24-43(38-17-5-4-6-18-38)56(44)62-37-61(50-29-9-10-30-51(50)62)41-21-14-22-42(36-41)65-54-34-33-48-47-27-16-26-46-45-23-7-8-28-49(45)63-52-31-11-12-32-53(52)64(57(48)60-54)59(63)55(46)47;/h4-31,33-35H,1-3H3;/q-2;. The number of ether oxygens (including phenoxy) is 1. The number of fused-ring (bicyclic) bond motifs is 10. The normalized spacial score (nSPS) is 13.1. The minimum atomic E-state index is -0.101. The second-order valence-corrected chi connectivity index (χ2v) is 19.1. The first-order valence-corrected chi connectivity index (χ1v) is 23.5. The predicted molar refractivity (Wildman–Crippen MR) is 264 cm³/mol. The molecule has 0 spiro atoms. The summed E-state index contributed by atoms with van der Waals surface area (Å²) in [6.07, 6.45) is 0. The van der Waals surface area contributed by atoms with E-state index in [-0.39, 0.29) is 12.4 Å². The summed E-state index contributed by atoms with van der Waals surface area (Å²) in [6, 6.07) is 74.1. The third-order valence-corrected chi connectivity index (χ3v) is 14.3. The van der Waals surface area contributed by atoms with Gasteiger partial charge in [-0.2, -0.15) is 12.1 Å². The second kappa shape index (κ2) is 14.8. The minimum absolute atomic E-state index is 0.000306. The number of aromatic nitrogens is 3. The summed E-state index contributed by atoms with van der Waals surface area (Å²) in [4.78, 5) is 10.1. The molecule has 3 aliphatic heterocycles. The van der Waals surface area contributed by atoms with Gasteiger partial charge in [-0.25, -0.2) is 0 Å². The first-order valence-electron chi connectivity index (χ1n) is 22.3. The van der Waals surface area contributed by atoms with Crippen LogP contribution in [-0.4, -0.2) is 21.1 Å². The van der Waals surface area contributed by atoms with E-state index in [2.05, 4.69) is 235 Å². The summed E-state index contributed by atoms with van der Waals surface area (Å²) >= 11 is 2.49. The number of pyridine rings is 1. The fourth-order valence-electron chi connectivity index (χ4n) is 10.3. The van der Waals surface area contributed by atoms with E-state index in [1.165, 1.54) is 39.0 Å². The van der Waals surface area contributed by atoms with Crippen LogP contribution in [0.15, 0.2) is 188 Å². The Morgan fingerprint density at radius 1 is 0.561 bits per heavy atom. The number of rotatable bonds is 6. The van der Waals surface area contributed by atoms with E-state index >= 15 is 0 Å². The van der Waals surface area contributed by atoms with E-state index in [1.807, 2.05) is 24.3 Å². The van der Waals surface area contributed by atoms with E-state index in [0.717, 1.165) is 65.7 Å². The molecule has 0 atom stereocenters. The summed E-state index contributed by atoms with van der Waals surface area (Å²) in [6.45, 7) is 6.72. The summed E-state index contributed by atoms with van der Waals surface area (Å²) in [7, 11) is 0. The predicted octanol–water partition coefficient (Wildman–Crippen LogP) is 13.6. The molecule has 0 fully saturated rings. The zero-order valence-electron chi connectivity index (χ0n) is 36.4. The Morgan fingerprint density at radius 2 is 1.21 bits per heavy atom. The van der Waals surface area contributed by atoms with E-state index < -0.39 is 0 Å². The molecule has 0 saturated carbocycles. The van der Waals surface area contributed by atoms with Crippen LogP contribution in [-0.2, 0) is 24.8 Å². The summed E-state index contributed by atoms with van der Waals surface area (Å²) in [5, 5.41) is 0. The molecule has 2 aromatic heterocycles. The van der Waals surface area contributed by atoms with Crippen LogP contribution < -0.4 is 19.8 Å². The van der Waals surface area contributed by atoms with Crippen molar-refractivity contribution in [2.45, 2.75) is 26.2 Å². The summed E-state index contributed by atoms with van der Waals surface area (Å²) in [5.74, 6) is 1.91. The van der Waals surface area contributed by atoms with Gasteiger partial charge in [0, 0.05) is 11.3 Å². The van der Waals surface area contributed by atoms with E-state index in [1.54, 1.807) is 0 Å². The molecule has 0 amide bonds. The number of hydrogen-bond acceptors (Lipinski definition) is 4. The van der Waals surface area contributed by atoms with Crippen LogP contribution in [0.3, 0.4) is 0 Å². The topological polar surface area (TPSA) is 38.5 Å². The van der Waals surface area contributed by atoms with Gasteiger partial charge in [0.2, 0.25) is 0 Å². The van der Waals surface area contributed by atoms with Gasteiger partial charge in [-0.05, 0) is 11.6 Å². The van der Waals surface area contributed by atoms with Crippen LogP contribution in [0.5, 0.6) is 11.6 Å². The van der Waals surface area contributed by atoms with Gasteiger partial charge in [-0.1, -0.05) is 30.3 Å². The quantitative estimate of drug-likeness (QED) is 0.123. The van der Waals surface area contributed by atoms with Crippen molar-refractivity contribution < 1.29 is 24.1 Å². The van der Waals surface area contributed by atoms with Crippen molar-refractivity contribution in [2.75, 3.05) is 9.62 Å². The van der Waals surface area contributed by atoms with Crippen molar-refractivity contribution >= 4 is 46.4 Å². The molecule has 10 aromatic rings. The molecule has 66 heavy (non-hydrogen) atoms. The molecule has 0 N–H and O–H groups in total. The zero-order valence-corrected chi connectivity index (χ0v) is 38.7. The first kappa shape index (κ1) is 38.9. The van der Waals surface area contributed by atoms with Gasteiger partial charge in [0.05, 0.1) is 0 Å². The molecule has 13 rings (SSSR count). The molecular weight excluding hydrogens is 989 g/mol. The number of imidazole rings is 1. The Balaban J connectivity index is 0.939. The SMILES string of the molecule is CC(C)(C)c1cccc(-c2cccc(-c3ccccc3)c2-n2[c](=[Pt])n(-c3[c-]c(Oc4ccc5c(n4)N4B6c7c(cccc7-5)-c5ccccc5N6c5ccc[c-]c54)ccc3)c3ccccc32)c1. The van der Waals surface area contributed by atoms with E-state index in [9.17, 15) is 0 Å². The van der Waals surface area contributed by atoms with Crippen LogP contribution in [0.1, 0.15) is 26.3 Å². The molecule has 5 heterocycles. The molecule has 6 nitrogen and oxygen atoms in total. The zero-order chi connectivity index (χ0) is 44.3. The monoisotopic (exact) mass is 1030 g/mol. The van der Waals surface area contributed by atoms with Crippen molar-refractivity contribution in [2.24, 2.45) is 0 Å². The number of anilines is 4. The Kier molecular flexibility index (Phi) is 8.72. The molecule has 0 saturated heterocycles. The summed E-state index contributed by atoms with van der Waals surface area (Å²) in [5.41, 5.74) is 19.4. The van der Waals surface area contributed by atoms with Crippen molar-refractivity contribution in [1.29, 1.82) is 0 Å². The fourth-order valence-corrected chi connectivity index (χ4v) is 11.4. The Bertz CT molecular complexity index is 3680. The Hall–Kier alpha value is -7.47. The van der Waals surface area contributed by atoms with Gasteiger partial charge in [0.25, 0.3) is 0 Å². The third kappa shape index (κ3) is 5.86. The van der Waals surface area contributed by atoms with Crippen molar-refractivity contribution in [3.8, 4) is 67.5 Å². The number of hydrogen-bond donors (Lipinski definition) is 0. The molecule has 0 bridgehead atoms. The van der Waals surface area contributed by atoms with Crippen molar-refractivity contribution in [3.05, 3.63) is 210 Å². The first-order chi connectivity index (χ1) is 32.3. The van der Waals surface area contributed by atoms with Gasteiger partial charge in [0.15, 0.2) is 0 Å². The van der Waals surface area contributed by atoms with Crippen molar-refractivity contribution in [1.82, 2.24) is 14.1 Å². The molecule has 0 aliphatic carbocycles. The number of nitrogens with zero attached hydrogens (tertiary/aromatic N) is 5. The van der Waals surface area contributed by atoms with Crippen molar-refractivity contribution in [3.63, 3.8) is 0 Å². The number of para-hydroxylation sites is 5. The van der Waals surface area contributed by atoms with Gasteiger partial charge >= 0.3 is 326 Å². The van der Waals surface area contributed by atoms with Gasteiger partial charge in [-0.15, -0.1) is 6.07 Å². The molecule has 8 heteroatoms. The third-order valence-electron chi connectivity index (χ3n) is 13.3. The van der Waals surface area contributed by atoms with Crippen LogP contribution in [0.2, 0.25) is 0 Å². The molecule has 8 aromatic carbocycles.